The average Bonchev–Trinajstić information content (AvgIpc) is 2.49. The smallest absolute Gasteiger partial charge is 0.259 e. The van der Waals surface area contributed by atoms with E-state index in [1.807, 2.05) is 31.2 Å². The molecule has 1 N–H and O–H groups in total. The van der Waals surface area contributed by atoms with E-state index < -0.39 is 0 Å². The zero-order chi connectivity index (χ0) is 16.1. The van der Waals surface area contributed by atoms with Crippen LogP contribution >= 0.6 is 11.6 Å². The first-order valence-electron chi connectivity index (χ1n) is 7.26. The highest BCUT2D eigenvalue weighted by Crippen LogP contribution is 2.23. The summed E-state index contributed by atoms with van der Waals surface area (Å²) in [5, 5.41) is 3.48. The van der Waals surface area contributed by atoms with Gasteiger partial charge in [0.2, 0.25) is 0 Å². The molecule has 0 heterocycles. The minimum atomic E-state index is -0.209. The van der Waals surface area contributed by atoms with Gasteiger partial charge in [0.1, 0.15) is 5.75 Å². The first-order valence-corrected chi connectivity index (χ1v) is 7.64. The number of benzene rings is 2. The lowest BCUT2D eigenvalue weighted by molar-refractivity contribution is 0.102. The van der Waals surface area contributed by atoms with Crippen LogP contribution in [0, 0.1) is 12.8 Å². The number of nitrogens with one attached hydrogen (secondary N) is 1. The number of ether oxygens (including phenoxy) is 1. The molecule has 2 aromatic rings. The Labute approximate surface area is 136 Å². The minimum absolute atomic E-state index is 0.209. The molecule has 0 saturated carbocycles. The Morgan fingerprint density at radius 2 is 1.95 bits per heavy atom. The molecule has 0 aliphatic rings. The molecule has 1 amide bonds. The third-order valence-electron chi connectivity index (χ3n) is 3.13. The van der Waals surface area contributed by atoms with Gasteiger partial charge in [0.25, 0.3) is 5.91 Å². The number of hydrogen-bond acceptors (Lipinski definition) is 2. The van der Waals surface area contributed by atoms with Crippen molar-refractivity contribution in [3.63, 3.8) is 0 Å². The third kappa shape index (κ3) is 4.25. The second-order valence-corrected chi connectivity index (χ2v) is 6.03. The molecule has 0 aliphatic carbocycles. The molecule has 0 radical (unpaired) electrons. The van der Waals surface area contributed by atoms with E-state index in [2.05, 4.69) is 19.2 Å². The van der Waals surface area contributed by atoms with Crippen molar-refractivity contribution in [2.45, 2.75) is 20.8 Å². The van der Waals surface area contributed by atoms with Gasteiger partial charge in [-0.2, -0.15) is 0 Å². The van der Waals surface area contributed by atoms with Crippen LogP contribution in [0.15, 0.2) is 42.5 Å². The van der Waals surface area contributed by atoms with E-state index in [9.17, 15) is 4.79 Å². The first-order chi connectivity index (χ1) is 10.5. The van der Waals surface area contributed by atoms with E-state index in [-0.39, 0.29) is 5.91 Å². The van der Waals surface area contributed by atoms with Crippen LogP contribution in [0.4, 0.5) is 5.69 Å². The molecule has 2 aromatic carbocycles. The van der Waals surface area contributed by atoms with Gasteiger partial charge < -0.3 is 10.1 Å². The van der Waals surface area contributed by atoms with Crippen molar-refractivity contribution in [1.82, 2.24) is 0 Å². The number of halogens is 1. The zero-order valence-corrected chi connectivity index (χ0v) is 13.8. The van der Waals surface area contributed by atoms with Gasteiger partial charge in [-0.05, 0) is 42.7 Å². The Bertz CT molecular complexity index is 668. The van der Waals surface area contributed by atoms with E-state index >= 15 is 0 Å². The molecule has 0 aromatic heterocycles. The molecular formula is C18H20ClNO2. The maximum absolute atomic E-state index is 12.4. The zero-order valence-electron chi connectivity index (χ0n) is 13.0. The summed E-state index contributed by atoms with van der Waals surface area (Å²) in [5.41, 5.74) is 2.15. The monoisotopic (exact) mass is 317 g/mol. The number of carbonyl (C=O) groups is 1. The van der Waals surface area contributed by atoms with Crippen molar-refractivity contribution in [3.05, 3.63) is 58.6 Å². The number of hydrogen-bond donors (Lipinski definition) is 1. The minimum Gasteiger partial charge on any atom is -0.492 e. The fourth-order valence-corrected chi connectivity index (χ4v) is 2.09. The van der Waals surface area contributed by atoms with Crippen molar-refractivity contribution in [2.24, 2.45) is 5.92 Å². The highest BCUT2D eigenvalue weighted by Gasteiger charge is 2.13. The van der Waals surface area contributed by atoms with Crippen molar-refractivity contribution < 1.29 is 9.53 Å². The standard InChI is InChI=1S/C18H20ClNO2/c1-12(2)11-22-17-7-5-4-6-15(17)18(21)20-14-9-8-13(3)16(19)10-14/h4-10,12H,11H2,1-3H3,(H,20,21). The number of para-hydroxylation sites is 1. The molecule has 0 bridgehead atoms. The summed E-state index contributed by atoms with van der Waals surface area (Å²) in [6.07, 6.45) is 0. The summed E-state index contributed by atoms with van der Waals surface area (Å²) >= 11 is 6.08. The lowest BCUT2D eigenvalue weighted by Crippen LogP contribution is -2.15. The van der Waals surface area contributed by atoms with Crippen molar-refractivity contribution in [3.8, 4) is 5.75 Å². The van der Waals surface area contributed by atoms with Crippen LogP contribution in [0.2, 0.25) is 5.02 Å². The van der Waals surface area contributed by atoms with Crippen molar-refractivity contribution in [1.29, 1.82) is 0 Å². The lowest BCUT2D eigenvalue weighted by atomic mass is 10.1. The van der Waals surface area contributed by atoms with Crippen molar-refractivity contribution in [2.75, 3.05) is 11.9 Å². The predicted molar refractivity (Wildman–Crippen MR) is 90.9 cm³/mol. The molecule has 116 valence electrons. The van der Waals surface area contributed by atoms with E-state index in [0.717, 1.165) is 5.56 Å². The Kier molecular flexibility index (Phi) is 5.45. The summed E-state index contributed by atoms with van der Waals surface area (Å²) in [4.78, 5) is 12.4. The molecule has 0 unspecified atom stereocenters. The van der Waals surface area contributed by atoms with E-state index in [1.54, 1.807) is 18.2 Å². The summed E-state index contributed by atoms with van der Waals surface area (Å²) in [5.74, 6) is 0.776. The van der Waals surface area contributed by atoms with Crippen LogP contribution in [-0.2, 0) is 0 Å². The van der Waals surface area contributed by atoms with Gasteiger partial charge in [0.05, 0.1) is 12.2 Å². The largest absolute Gasteiger partial charge is 0.492 e. The lowest BCUT2D eigenvalue weighted by Gasteiger charge is -2.13. The summed E-state index contributed by atoms with van der Waals surface area (Å²) < 4.78 is 5.71. The van der Waals surface area contributed by atoms with E-state index in [4.69, 9.17) is 16.3 Å². The second kappa shape index (κ2) is 7.32. The second-order valence-electron chi connectivity index (χ2n) is 5.62. The molecule has 0 aliphatic heterocycles. The summed E-state index contributed by atoms with van der Waals surface area (Å²) in [6, 6.07) is 12.7. The first kappa shape index (κ1) is 16.4. The number of amides is 1. The topological polar surface area (TPSA) is 38.3 Å². The van der Waals surface area contributed by atoms with E-state index in [0.29, 0.717) is 34.5 Å². The van der Waals surface area contributed by atoms with Crippen LogP contribution in [0.3, 0.4) is 0 Å². The molecular weight excluding hydrogens is 298 g/mol. The van der Waals surface area contributed by atoms with Gasteiger partial charge in [-0.1, -0.05) is 43.6 Å². The molecule has 3 nitrogen and oxygen atoms in total. The van der Waals surface area contributed by atoms with Crippen molar-refractivity contribution >= 4 is 23.2 Å². The average molecular weight is 318 g/mol. The van der Waals surface area contributed by atoms with Crippen LogP contribution in [0.5, 0.6) is 5.75 Å². The predicted octanol–water partition coefficient (Wildman–Crippen LogP) is 4.94. The van der Waals surface area contributed by atoms with Gasteiger partial charge in [-0.3, -0.25) is 4.79 Å². The highest BCUT2D eigenvalue weighted by atomic mass is 35.5. The molecule has 0 fully saturated rings. The van der Waals surface area contributed by atoms with Crippen LogP contribution in [0.1, 0.15) is 29.8 Å². The van der Waals surface area contributed by atoms with Crippen LogP contribution in [-0.4, -0.2) is 12.5 Å². The molecule has 0 spiro atoms. The maximum atomic E-state index is 12.4. The fourth-order valence-electron chi connectivity index (χ4n) is 1.91. The van der Waals surface area contributed by atoms with Gasteiger partial charge in [-0.15, -0.1) is 0 Å². The Morgan fingerprint density at radius 1 is 1.23 bits per heavy atom. The number of carbonyl (C=O) groups excluding carboxylic acids is 1. The van der Waals surface area contributed by atoms with Crippen LogP contribution in [0.25, 0.3) is 0 Å². The summed E-state index contributed by atoms with van der Waals surface area (Å²) in [6.45, 7) is 6.62. The molecule has 0 saturated heterocycles. The fraction of sp³-hybridized carbons (Fsp3) is 0.278. The number of aryl methyl sites for hydroxylation is 1. The van der Waals surface area contributed by atoms with Gasteiger partial charge >= 0.3 is 0 Å². The van der Waals surface area contributed by atoms with Gasteiger partial charge in [0.15, 0.2) is 0 Å². The van der Waals surface area contributed by atoms with Gasteiger partial charge in [0, 0.05) is 10.7 Å². The third-order valence-corrected chi connectivity index (χ3v) is 3.54. The quantitative estimate of drug-likeness (QED) is 0.848. The van der Waals surface area contributed by atoms with Gasteiger partial charge in [-0.25, -0.2) is 0 Å². The van der Waals surface area contributed by atoms with E-state index in [1.165, 1.54) is 0 Å². The molecule has 0 atom stereocenters. The highest BCUT2D eigenvalue weighted by molar-refractivity contribution is 6.31. The van der Waals surface area contributed by atoms with Crippen LogP contribution < -0.4 is 10.1 Å². The normalized spacial score (nSPS) is 10.6. The molecule has 4 heteroatoms. The molecule has 22 heavy (non-hydrogen) atoms. The maximum Gasteiger partial charge on any atom is 0.259 e. The Balaban J connectivity index is 2.16. The number of anilines is 1. The molecule has 2 rings (SSSR count). The number of rotatable bonds is 5. The summed E-state index contributed by atoms with van der Waals surface area (Å²) in [7, 11) is 0. The Hall–Kier alpha value is -2.00. The SMILES string of the molecule is Cc1ccc(NC(=O)c2ccccc2OCC(C)C)cc1Cl. The Morgan fingerprint density at radius 3 is 2.64 bits per heavy atom.